The van der Waals surface area contributed by atoms with E-state index in [2.05, 4.69) is 0 Å². The molecule has 0 spiro atoms. The van der Waals surface area contributed by atoms with Gasteiger partial charge in [0.25, 0.3) is 0 Å². The lowest BCUT2D eigenvalue weighted by atomic mass is 10.0. The average Bonchev–Trinajstić information content (AvgIpc) is 2.25. The first-order chi connectivity index (χ1) is 7.60. The Labute approximate surface area is 93.9 Å². The molecule has 0 fully saturated rings. The predicted octanol–water partition coefficient (Wildman–Crippen LogP) is 2.29. The monoisotopic (exact) mass is 222 g/mol. The van der Waals surface area contributed by atoms with Gasteiger partial charge in [0, 0.05) is 5.56 Å². The van der Waals surface area contributed by atoms with Crippen LogP contribution in [0.2, 0.25) is 0 Å². The zero-order chi connectivity index (χ0) is 12.1. The maximum atomic E-state index is 11.0. The number of carboxylic acids is 1. The zero-order valence-electron chi connectivity index (χ0n) is 9.32. The first kappa shape index (κ1) is 12.2. The normalized spacial score (nSPS) is 9.88. The van der Waals surface area contributed by atoms with Crippen LogP contribution in [0.5, 0.6) is 5.75 Å². The Morgan fingerprint density at radius 1 is 1.50 bits per heavy atom. The molecular formula is C12H14O4. The molecule has 1 aromatic rings. The van der Waals surface area contributed by atoms with Crippen LogP contribution in [0, 0.1) is 6.92 Å². The molecule has 0 aliphatic carbocycles. The first-order valence-corrected chi connectivity index (χ1v) is 5.06. The zero-order valence-corrected chi connectivity index (χ0v) is 9.32. The average molecular weight is 222 g/mol. The summed E-state index contributed by atoms with van der Waals surface area (Å²) in [6.07, 6.45) is 1.44. The minimum atomic E-state index is -1.09. The molecule has 0 atom stereocenters. The molecule has 1 N–H and O–H groups in total. The molecular weight excluding hydrogens is 208 g/mol. The molecule has 86 valence electrons. The van der Waals surface area contributed by atoms with Gasteiger partial charge in [-0.25, -0.2) is 4.79 Å². The van der Waals surface area contributed by atoms with Crippen LogP contribution in [0.25, 0.3) is 0 Å². The fourth-order valence-corrected chi connectivity index (χ4v) is 1.32. The number of ether oxygens (including phenoxy) is 1. The van der Waals surface area contributed by atoms with Crippen LogP contribution in [-0.4, -0.2) is 24.0 Å². The van der Waals surface area contributed by atoms with E-state index < -0.39 is 5.97 Å². The molecule has 0 bridgehead atoms. The molecule has 0 saturated heterocycles. The lowest BCUT2D eigenvalue weighted by Gasteiger charge is -2.10. The summed E-state index contributed by atoms with van der Waals surface area (Å²) in [7, 11) is 0. The van der Waals surface area contributed by atoms with Gasteiger partial charge in [-0.05, 0) is 31.0 Å². The number of benzene rings is 1. The summed E-state index contributed by atoms with van der Waals surface area (Å²) in [5.74, 6) is -0.772. The third-order valence-electron chi connectivity index (χ3n) is 2.19. The number of rotatable bonds is 5. The molecule has 0 radical (unpaired) electrons. The number of carbonyl (C=O) groups excluding carboxylic acids is 1. The van der Waals surface area contributed by atoms with Crippen LogP contribution in [-0.2, 0) is 0 Å². The van der Waals surface area contributed by atoms with E-state index in [-0.39, 0.29) is 5.56 Å². The van der Waals surface area contributed by atoms with Gasteiger partial charge in [0.1, 0.15) is 17.6 Å². The molecule has 0 unspecified atom stereocenters. The van der Waals surface area contributed by atoms with E-state index in [9.17, 15) is 9.59 Å². The van der Waals surface area contributed by atoms with E-state index in [1.54, 1.807) is 13.0 Å². The van der Waals surface area contributed by atoms with Crippen molar-refractivity contribution >= 4 is 12.3 Å². The first-order valence-electron chi connectivity index (χ1n) is 5.06. The van der Waals surface area contributed by atoms with Crippen molar-refractivity contribution in [2.45, 2.75) is 20.3 Å². The van der Waals surface area contributed by atoms with Gasteiger partial charge in [-0.1, -0.05) is 6.92 Å². The van der Waals surface area contributed by atoms with Crippen LogP contribution in [0.4, 0.5) is 0 Å². The smallest absolute Gasteiger partial charge is 0.339 e. The van der Waals surface area contributed by atoms with E-state index in [0.717, 1.165) is 6.42 Å². The van der Waals surface area contributed by atoms with Crippen molar-refractivity contribution in [3.8, 4) is 5.75 Å². The standard InChI is InChI=1S/C12H14O4/c1-3-4-16-11-5-8(2)9(7-13)6-10(11)12(14)15/h5-7H,3-4H2,1-2H3,(H,14,15). The number of hydrogen-bond donors (Lipinski definition) is 1. The summed E-state index contributed by atoms with van der Waals surface area (Å²) in [5.41, 5.74) is 1.12. The summed E-state index contributed by atoms with van der Waals surface area (Å²) < 4.78 is 5.33. The molecule has 4 heteroatoms. The SMILES string of the molecule is CCCOc1cc(C)c(C=O)cc1C(=O)O. The molecule has 1 rings (SSSR count). The molecule has 0 saturated carbocycles. The molecule has 0 aliphatic rings. The number of aryl methyl sites for hydroxylation is 1. The number of aldehydes is 1. The highest BCUT2D eigenvalue weighted by Gasteiger charge is 2.14. The van der Waals surface area contributed by atoms with Crippen LogP contribution in [0.1, 0.15) is 39.6 Å². The van der Waals surface area contributed by atoms with E-state index in [4.69, 9.17) is 9.84 Å². The Hall–Kier alpha value is -1.84. The maximum absolute atomic E-state index is 11.0. The van der Waals surface area contributed by atoms with Crippen LogP contribution in [0.3, 0.4) is 0 Å². The second-order valence-electron chi connectivity index (χ2n) is 3.48. The largest absolute Gasteiger partial charge is 0.493 e. The second kappa shape index (κ2) is 5.30. The van der Waals surface area contributed by atoms with Crippen molar-refractivity contribution in [1.29, 1.82) is 0 Å². The van der Waals surface area contributed by atoms with Crippen molar-refractivity contribution in [3.63, 3.8) is 0 Å². The van der Waals surface area contributed by atoms with Gasteiger partial charge in [0.15, 0.2) is 0 Å². The minimum absolute atomic E-state index is 0.0288. The fraction of sp³-hybridized carbons (Fsp3) is 0.333. The number of aromatic carboxylic acids is 1. The third-order valence-corrected chi connectivity index (χ3v) is 2.19. The lowest BCUT2D eigenvalue weighted by molar-refractivity contribution is 0.0692. The number of carboxylic acid groups (broad SMARTS) is 1. The van der Waals surface area contributed by atoms with Gasteiger partial charge in [-0.3, -0.25) is 4.79 Å². The summed E-state index contributed by atoms with van der Waals surface area (Å²) in [4.78, 5) is 21.7. The Bertz CT molecular complexity index is 410. The Morgan fingerprint density at radius 3 is 2.69 bits per heavy atom. The van der Waals surface area contributed by atoms with Crippen molar-refractivity contribution in [1.82, 2.24) is 0 Å². The van der Waals surface area contributed by atoms with Gasteiger partial charge < -0.3 is 9.84 Å². The summed E-state index contributed by atoms with van der Waals surface area (Å²) in [5, 5.41) is 8.98. The molecule has 1 aromatic carbocycles. The molecule has 0 aromatic heterocycles. The molecule has 4 nitrogen and oxygen atoms in total. The van der Waals surface area contributed by atoms with Gasteiger partial charge in [0.2, 0.25) is 0 Å². The van der Waals surface area contributed by atoms with Crippen LogP contribution >= 0.6 is 0 Å². The minimum Gasteiger partial charge on any atom is -0.493 e. The topological polar surface area (TPSA) is 63.6 Å². The highest BCUT2D eigenvalue weighted by Crippen LogP contribution is 2.23. The Kier molecular flexibility index (Phi) is 4.05. The fourth-order valence-electron chi connectivity index (χ4n) is 1.32. The summed E-state index contributed by atoms with van der Waals surface area (Å²) >= 11 is 0. The third kappa shape index (κ3) is 2.59. The molecule has 0 aliphatic heterocycles. The van der Waals surface area contributed by atoms with E-state index >= 15 is 0 Å². The van der Waals surface area contributed by atoms with E-state index in [1.165, 1.54) is 6.07 Å². The Balaban J connectivity index is 3.19. The van der Waals surface area contributed by atoms with Gasteiger partial charge >= 0.3 is 5.97 Å². The molecule has 0 heterocycles. The summed E-state index contributed by atoms with van der Waals surface area (Å²) in [6, 6.07) is 2.93. The van der Waals surface area contributed by atoms with Crippen LogP contribution in [0.15, 0.2) is 12.1 Å². The van der Waals surface area contributed by atoms with E-state index in [1.807, 2.05) is 6.92 Å². The van der Waals surface area contributed by atoms with Gasteiger partial charge in [-0.2, -0.15) is 0 Å². The summed E-state index contributed by atoms with van der Waals surface area (Å²) in [6.45, 7) is 4.14. The van der Waals surface area contributed by atoms with Crippen LogP contribution < -0.4 is 4.74 Å². The van der Waals surface area contributed by atoms with Crippen molar-refractivity contribution in [2.24, 2.45) is 0 Å². The predicted molar refractivity (Wildman–Crippen MR) is 59.3 cm³/mol. The van der Waals surface area contributed by atoms with Gasteiger partial charge in [0.05, 0.1) is 6.61 Å². The molecule has 0 amide bonds. The van der Waals surface area contributed by atoms with Crippen molar-refractivity contribution in [3.05, 3.63) is 28.8 Å². The number of hydrogen-bond acceptors (Lipinski definition) is 3. The quantitative estimate of drug-likeness (QED) is 0.776. The number of carbonyl (C=O) groups is 2. The van der Waals surface area contributed by atoms with Crippen molar-refractivity contribution in [2.75, 3.05) is 6.61 Å². The Morgan fingerprint density at radius 2 is 2.19 bits per heavy atom. The van der Waals surface area contributed by atoms with E-state index in [0.29, 0.717) is 29.8 Å². The van der Waals surface area contributed by atoms with Crippen molar-refractivity contribution < 1.29 is 19.4 Å². The molecule has 16 heavy (non-hydrogen) atoms. The highest BCUT2D eigenvalue weighted by molar-refractivity contribution is 5.93. The maximum Gasteiger partial charge on any atom is 0.339 e. The second-order valence-corrected chi connectivity index (χ2v) is 3.48. The lowest BCUT2D eigenvalue weighted by Crippen LogP contribution is -2.06. The van der Waals surface area contributed by atoms with Gasteiger partial charge in [-0.15, -0.1) is 0 Å². The highest BCUT2D eigenvalue weighted by atomic mass is 16.5.